The summed E-state index contributed by atoms with van der Waals surface area (Å²) in [7, 11) is 0. The highest BCUT2D eigenvalue weighted by molar-refractivity contribution is 6.13. The van der Waals surface area contributed by atoms with Crippen molar-refractivity contribution in [3.63, 3.8) is 0 Å². The lowest BCUT2D eigenvalue weighted by Gasteiger charge is -2.02. The van der Waals surface area contributed by atoms with E-state index < -0.39 is 0 Å². The summed E-state index contributed by atoms with van der Waals surface area (Å²) in [6, 6.07) is 4.41. The van der Waals surface area contributed by atoms with Gasteiger partial charge in [-0.3, -0.25) is 9.79 Å². The molecule has 0 saturated carbocycles. The van der Waals surface area contributed by atoms with Gasteiger partial charge in [-0.2, -0.15) is 0 Å². The maximum atomic E-state index is 13.3. The van der Waals surface area contributed by atoms with Crippen LogP contribution in [-0.2, 0) is 4.79 Å². The molecule has 0 saturated heterocycles. The maximum Gasteiger partial charge on any atom is 0.250 e. The van der Waals surface area contributed by atoms with E-state index in [0.29, 0.717) is 17.0 Å². The normalized spacial score (nSPS) is 20.1. The van der Waals surface area contributed by atoms with Crippen LogP contribution < -0.4 is 5.32 Å². The summed E-state index contributed by atoms with van der Waals surface area (Å²) in [6.45, 7) is 3.39. The number of carbonyl (C=O) groups excluding carboxylic acids is 1. The van der Waals surface area contributed by atoms with Crippen molar-refractivity contribution in [3.8, 4) is 0 Å². The molecule has 0 spiro atoms. The monoisotopic (exact) mass is 206 g/mol. The summed E-state index contributed by atoms with van der Waals surface area (Å²) in [4.78, 5) is 15.3. The van der Waals surface area contributed by atoms with E-state index in [9.17, 15) is 9.18 Å². The van der Waals surface area contributed by atoms with Gasteiger partial charge in [-0.15, -0.1) is 0 Å². The lowest BCUT2D eigenvalue weighted by atomic mass is 10.1. The first-order chi connectivity index (χ1) is 7.08. The molecule has 15 heavy (non-hydrogen) atoms. The molecule has 1 aliphatic rings. The number of nitrogens with one attached hydrogen (secondary N) is 1. The molecule has 4 heteroatoms. The van der Waals surface area contributed by atoms with Gasteiger partial charge in [0.2, 0.25) is 5.91 Å². The van der Waals surface area contributed by atoms with E-state index in [1.54, 1.807) is 26.0 Å². The summed E-state index contributed by atoms with van der Waals surface area (Å²) in [5.41, 5.74) is 1.19. The first-order valence-electron chi connectivity index (χ1n) is 4.73. The number of benzene rings is 1. The van der Waals surface area contributed by atoms with Crippen LogP contribution in [0.5, 0.6) is 0 Å². The van der Waals surface area contributed by atoms with Crippen LogP contribution in [0.4, 0.5) is 4.39 Å². The Morgan fingerprint density at radius 2 is 2.20 bits per heavy atom. The van der Waals surface area contributed by atoms with E-state index in [0.717, 1.165) is 0 Å². The molecule has 0 aromatic heterocycles. The van der Waals surface area contributed by atoms with Crippen LogP contribution in [0.25, 0.3) is 0 Å². The number of hydrogen-bond donors (Lipinski definition) is 1. The standard InChI is InChI=1S/C11H11FN2O/c1-6-3-4-8(5-9(6)12)10-13-7(2)11(15)14-10/h3-5,7H,1-2H3,(H,13,14,15). The van der Waals surface area contributed by atoms with Crippen LogP contribution in [0.2, 0.25) is 0 Å². The van der Waals surface area contributed by atoms with E-state index in [4.69, 9.17) is 0 Å². The predicted molar refractivity (Wildman–Crippen MR) is 55.3 cm³/mol. The minimum absolute atomic E-state index is 0.147. The van der Waals surface area contributed by atoms with Crippen LogP contribution in [0, 0.1) is 12.7 Å². The van der Waals surface area contributed by atoms with E-state index in [-0.39, 0.29) is 17.8 Å². The summed E-state index contributed by atoms with van der Waals surface area (Å²) in [5.74, 6) is 0.0152. The van der Waals surface area contributed by atoms with Gasteiger partial charge in [0, 0.05) is 5.56 Å². The molecule has 0 fully saturated rings. The molecule has 1 amide bonds. The molecule has 78 valence electrons. The van der Waals surface area contributed by atoms with Gasteiger partial charge in [0.05, 0.1) is 0 Å². The van der Waals surface area contributed by atoms with Crippen molar-refractivity contribution < 1.29 is 9.18 Å². The zero-order valence-corrected chi connectivity index (χ0v) is 8.54. The largest absolute Gasteiger partial charge is 0.309 e. The van der Waals surface area contributed by atoms with Gasteiger partial charge >= 0.3 is 0 Å². The van der Waals surface area contributed by atoms with Crippen molar-refractivity contribution in [2.24, 2.45) is 4.99 Å². The zero-order chi connectivity index (χ0) is 11.0. The summed E-state index contributed by atoms with van der Waals surface area (Å²) in [6.07, 6.45) is 0. The van der Waals surface area contributed by atoms with Crippen LogP contribution in [-0.4, -0.2) is 17.8 Å². The van der Waals surface area contributed by atoms with Gasteiger partial charge in [0.15, 0.2) is 0 Å². The third-order valence-corrected chi connectivity index (χ3v) is 2.39. The van der Waals surface area contributed by atoms with Crippen LogP contribution in [0.3, 0.4) is 0 Å². The first kappa shape index (κ1) is 9.83. The Morgan fingerprint density at radius 1 is 1.47 bits per heavy atom. The number of hydrogen-bond acceptors (Lipinski definition) is 2. The number of amidine groups is 1. The van der Waals surface area contributed by atoms with E-state index in [2.05, 4.69) is 10.3 Å². The van der Waals surface area contributed by atoms with Crippen molar-refractivity contribution in [2.45, 2.75) is 19.9 Å². The second-order valence-corrected chi connectivity index (χ2v) is 3.61. The molecule has 1 heterocycles. The van der Waals surface area contributed by atoms with Crippen molar-refractivity contribution in [2.75, 3.05) is 0 Å². The summed E-state index contributed by atoms with van der Waals surface area (Å²) >= 11 is 0. The van der Waals surface area contributed by atoms with Crippen LogP contribution >= 0.6 is 0 Å². The minimum Gasteiger partial charge on any atom is -0.309 e. The molecule has 1 aliphatic heterocycles. The van der Waals surface area contributed by atoms with Crippen molar-refractivity contribution >= 4 is 11.7 Å². The van der Waals surface area contributed by atoms with Crippen molar-refractivity contribution in [1.29, 1.82) is 0 Å². The maximum absolute atomic E-state index is 13.3. The molecule has 2 rings (SSSR count). The highest BCUT2D eigenvalue weighted by atomic mass is 19.1. The number of aryl methyl sites for hydroxylation is 1. The molecular formula is C11H11FN2O. The fourth-order valence-electron chi connectivity index (χ4n) is 1.39. The molecular weight excluding hydrogens is 195 g/mol. The molecule has 0 aliphatic carbocycles. The molecule has 3 nitrogen and oxygen atoms in total. The second-order valence-electron chi connectivity index (χ2n) is 3.61. The molecule has 1 aromatic rings. The van der Waals surface area contributed by atoms with Crippen LogP contribution in [0.15, 0.2) is 23.2 Å². The Balaban J connectivity index is 2.35. The van der Waals surface area contributed by atoms with Gasteiger partial charge in [0.1, 0.15) is 17.7 Å². The fraction of sp³-hybridized carbons (Fsp3) is 0.273. The van der Waals surface area contributed by atoms with Crippen molar-refractivity contribution in [1.82, 2.24) is 5.32 Å². The molecule has 1 unspecified atom stereocenters. The number of nitrogens with zero attached hydrogens (tertiary/aromatic N) is 1. The van der Waals surface area contributed by atoms with Crippen LogP contribution in [0.1, 0.15) is 18.1 Å². The molecule has 0 radical (unpaired) electrons. The summed E-state index contributed by atoms with van der Waals surface area (Å²) in [5, 5.41) is 2.61. The van der Waals surface area contributed by atoms with E-state index >= 15 is 0 Å². The van der Waals surface area contributed by atoms with Gasteiger partial charge in [0.25, 0.3) is 0 Å². The zero-order valence-electron chi connectivity index (χ0n) is 8.54. The smallest absolute Gasteiger partial charge is 0.250 e. The number of aliphatic imine (C=N–C) groups is 1. The number of halogens is 1. The van der Waals surface area contributed by atoms with E-state index in [1.807, 2.05) is 0 Å². The lowest BCUT2D eigenvalue weighted by Crippen LogP contribution is -2.28. The Kier molecular flexibility index (Phi) is 2.26. The highest BCUT2D eigenvalue weighted by Gasteiger charge is 2.22. The van der Waals surface area contributed by atoms with Gasteiger partial charge < -0.3 is 5.32 Å². The van der Waals surface area contributed by atoms with Gasteiger partial charge in [-0.25, -0.2) is 4.39 Å². The fourth-order valence-corrected chi connectivity index (χ4v) is 1.39. The highest BCUT2D eigenvalue weighted by Crippen LogP contribution is 2.12. The van der Waals surface area contributed by atoms with Crippen molar-refractivity contribution in [3.05, 3.63) is 35.1 Å². The van der Waals surface area contributed by atoms with Gasteiger partial charge in [-0.05, 0) is 25.5 Å². The number of amides is 1. The molecule has 1 N–H and O–H groups in total. The third-order valence-electron chi connectivity index (χ3n) is 2.39. The van der Waals surface area contributed by atoms with E-state index in [1.165, 1.54) is 6.07 Å². The Labute approximate surface area is 87.0 Å². The Morgan fingerprint density at radius 3 is 2.73 bits per heavy atom. The molecule has 1 atom stereocenters. The quantitative estimate of drug-likeness (QED) is 0.741. The number of rotatable bonds is 1. The number of carbonyl (C=O) groups is 1. The predicted octanol–water partition coefficient (Wildman–Crippen LogP) is 1.40. The average Bonchev–Trinajstić information content (AvgIpc) is 2.52. The summed E-state index contributed by atoms with van der Waals surface area (Å²) < 4.78 is 13.3. The minimum atomic E-state index is -0.385. The second kappa shape index (κ2) is 3.46. The SMILES string of the molecule is Cc1ccc(C2=NC(C)C(=O)N2)cc1F. The third kappa shape index (κ3) is 1.75. The average molecular weight is 206 g/mol. The molecule has 0 bridgehead atoms. The Bertz CT molecular complexity index is 454. The molecule has 1 aromatic carbocycles. The van der Waals surface area contributed by atoms with Gasteiger partial charge in [-0.1, -0.05) is 12.1 Å². The lowest BCUT2D eigenvalue weighted by molar-refractivity contribution is -0.119. The topological polar surface area (TPSA) is 41.5 Å². The Hall–Kier alpha value is -1.71. The first-order valence-corrected chi connectivity index (χ1v) is 4.73.